The maximum Gasteiger partial charge on any atom is 0.157 e. The van der Waals surface area contributed by atoms with E-state index in [2.05, 4.69) is 35.6 Å². The first kappa shape index (κ1) is 12.8. The normalized spacial score (nSPS) is 12.6. The molecule has 2 N–H and O–H groups in total. The molecule has 1 aromatic heterocycles. The van der Waals surface area contributed by atoms with Crippen LogP contribution in [0.15, 0.2) is 12.4 Å². The zero-order valence-electron chi connectivity index (χ0n) is 10.1. The summed E-state index contributed by atoms with van der Waals surface area (Å²) >= 11 is 4.97. The molecule has 1 atom stereocenters. The molecule has 0 aliphatic carbocycles. The minimum Gasteiger partial charge on any atom is -0.388 e. The highest BCUT2D eigenvalue weighted by atomic mass is 32.1. The Morgan fingerprint density at radius 1 is 1.31 bits per heavy atom. The fourth-order valence-electron chi connectivity index (χ4n) is 1.40. The van der Waals surface area contributed by atoms with Gasteiger partial charge in [-0.25, -0.2) is 9.97 Å². The molecule has 5 heteroatoms. The zero-order valence-corrected chi connectivity index (χ0v) is 11.0. The van der Waals surface area contributed by atoms with E-state index in [1.54, 1.807) is 12.4 Å². The van der Waals surface area contributed by atoms with Gasteiger partial charge in [-0.15, -0.1) is 0 Å². The first-order valence-corrected chi connectivity index (χ1v) is 5.69. The van der Waals surface area contributed by atoms with Crippen molar-refractivity contribution in [1.82, 2.24) is 9.97 Å². The number of hydrogen-bond acceptors (Lipinski definition) is 4. The third-order valence-electron chi connectivity index (χ3n) is 2.82. The topological polar surface area (TPSA) is 55.0 Å². The van der Waals surface area contributed by atoms with Gasteiger partial charge in [0.25, 0.3) is 0 Å². The Labute approximate surface area is 102 Å². The van der Waals surface area contributed by atoms with E-state index in [4.69, 9.17) is 18.0 Å². The molecule has 1 aromatic rings. The third kappa shape index (κ3) is 2.66. The largest absolute Gasteiger partial charge is 0.388 e. The summed E-state index contributed by atoms with van der Waals surface area (Å²) in [5, 5.41) is 0. The standard InChI is InChI=1S/C11H18N4S/c1-7(2)8(3)15(4)11-9(10(12)16)13-5-6-14-11/h5-8H,1-4H3,(H2,12,16). The van der Waals surface area contributed by atoms with E-state index in [0.717, 1.165) is 5.82 Å². The lowest BCUT2D eigenvalue weighted by Crippen LogP contribution is -2.35. The average molecular weight is 238 g/mol. The lowest BCUT2D eigenvalue weighted by atomic mass is 10.1. The van der Waals surface area contributed by atoms with Gasteiger partial charge in [0.1, 0.15) is 10.7 Å². The number of nitrogens with zero attached hydrogens (tertiary/aromatic N) is 3. The summed E-state index contributed by atoms with van der Waals surface area (Å²) < 4.78 is 0. The Morgan fingerprint density at radius 2 is 1.88 bits per heavy atom. The van der Waals surface area contributed by atoms with Crippen LogP contribution in [-0.2, 0) is 0 Å². The number of aromatic nitrogens is 2. The van der Waals surface area contributed by atoms with Gasteiger partial charge in [0, 0.05) is 25.5 Å². The molecule has 0 amide bonds. The maximum atomic E-state index is 5.63. The van der Waals surface area contributed by atoms with Crippen LogP contribution in [0, 0.1) is 5.92 Å². The molecular weight excluding hydrogens is 220 g/mol. The zero-order chi connectivity index (χ0) is 12.3. The van der Waals surface area contributed by atoms with E-state index in [-0.39, 0.29) is 4.99 Å². The summed E-state index contributed by atoms with van der Waals surface area (Å²) in [5.74, 6) is 1.27. The van der Waals surface area contributed by atoms with Crippen LogP contribution in [-0.4, -0.2) is 28.0 Å². The smallest absolute Gasteiger partial charge is 0.157 e. The molecule has 4 nitrogen and oxygen atoms in total. The van der Waals surface area contributed by atoms with E-state index >= 15 is 0 Å². The van der Waals surface area contributed by atoms with Crippen LogP contribution in [0.1, 0.15) is 26.5 Å². The lowest BCUT2D eigenvalue weighted by molar-refractivity contribution is 0.502. The summed E-state index contributed by atoms with van der Waals surface area (Å²) in [5.41, 5.74) is 6.22. The van der Waals surface area contributed by atoms with E-state index in [0.29, 0.717) is 17.7 Å². The summed E-state index contributed by atoms with van der Waals surface area (Å²) in [6.45, 7) is 6.47. The van der Waals surface area contributed by atoms with Gasteiger partial charge in [-0.1, -0.05) is 26.1 Å². The summed E-state index contributed by atoms with van der Waals surface area (Å²) in [6.07, 6.45) is 3.26. The second kappa shape index (κ2) is 5.21. The first-order chi connectivity index (χ1) is 7.45. The third-order valence-corrected chi connectivity index (χ3v) is 3.02. The second-order valence-corrected chi connectivity index (χ2v) is 4.63. The van der Waals surface area contributed by atoms with Crippen molar-refractivity contribution in [3.63, 3.8) is 0 Å². The highest BCUT2D eigenvalue weighted by Gasteiger charge is 2.19. The minimum absolute atomic E-state index is 0.283. The highest BCUT2D eigenvalue weighted by Crippen LogP contribution is 2.19. The first-order valence-electron chi connectivity index (χ1n) is 5.28. The summed E-state index contributed by atoms with van der Waals surface area (Å²) in [6, 6.07) is 0.352. The molecule has 0 bridgehead atoms. The SMILES string of the molecule is CC(C)C(C)N(C)c1nccnc1C(N)=S. The predicted octanol–water partition coefficient (Wildman–Crippen LogP) is 1.59. The lowest BCUT2D eigenvalue weighted by Gasteiger charge is -2.29. The van der Waals surface area contributed by atoms with Gasteiger partial charge < -0.3 is 10.6 Å². The van der Waals surface area contributed by atoms with Gasteiger partial charge in [0.15, 0.2) is 5.82 Å². The molecule has 0 aliphatic heterocycles. The highest BCUT2D eigenvalue weighted by molar-refractivity contribution is 7.80. The predicted molar refractivity (Wildman–Crippen MR) is 70.6 cm³/mol. The van der Waals surface area contributed by atoms with Crippen LogP contribution in [0.25, 0.3) is 0 Å². The van der Waals surface area contributed by atoms with Crippen LogP contribution < -0.4 is 10.6 Å². The number of nitrogens with two attached hydrogens (primary N) is 1. The Balaban J connectivity index is 3.08. The van der Waals surface area contributed by atoms with Crippen LogP contribution in [0.3, 0.4) is 0 Å². The average Bonchev–Trinajstić information content (AvgIpc) is 2.26. The molecule has 0 radical (unpaired) electrons. The maximum absolute atomic E-state index is 5.63. The molecule has 1 unspecified atom stereocenters. The van der Waals surface area contributed by atoms with Crippen LogP contribution in [0.4, 0.5) is 5.82 Å². The minimum atomic E-state index is 0.283. The molecule has 1 heterocycles. The molecule has 0 aromatic carbocycles. The van der Waals surface area contributed by atoms with Crippen LogP contribution in [0.2, 0.25) is 0 Å². The van der Waals surface area contributed by atoms with Gasteiger partial charge >= 0.3 is 0 Å². The van der Waals surface area contributed by atoms with Crippen molar-refractivity contribution in [2.75, 3.05) is 11.9 Å². The van der Waals surface area contributed by atoms with Crippen molar-refractivity contribution in [3.8, 4) is 0 Å². The number of anilines is 1. The van der Waals surface area contributed by atoms with E-state index in [9.17, 15) is 0 Å². The van der Waals surface area contributed by atoms with Gasteiger partial charge in [-0.05, 0) is 12.8 Å². The van der Waals surface area contributed by atoms with Gasteiger partial charge in [0.2, 0.25) is 0 Å². The Kier molecular flexibility index (Phi) is 4.18. The fourth-order valence-corrected chi connectivity index (χ4v) is 1.55. The molecule has 0 saturated carbocycles. The summed E-state index contributed by atoms with van der Waals surface area (Å²) in [4.78, 5) is 10.8. The molecule has 0 saturated heterocycles. The molecule has 0 aliphatic rings. The van der Waals surface area contributed by atoms with E-state index in [1.807, 2.05) is 7.05 Å². The molecular formula is C11H18N4S. The second-order valence-electron chi connectivity index (χ2n) is 4.19. The summed E-state index contributed by atoms with van der Waals surface area (Å²) in [7, 11) is 1.98. The molecule has 0 spiro atoms. The van der Waals surface area contributed by atoms with Crippen molar-refractivity contribution in [2.45, 2.75) is 26.8 Å². The fraction of sp³-hybridized carbons (Fsp3) is 0.545. The van der Waals surface area contributed by atoms with Gasteiger partial charge in [-0.2, -0.15) is 0 Å². The molecule has 16 heavy (non-hydrogen) atoms. The van der Waals surface area contributed by atoms with Crippen molar-refractivity contribution < 1.29 is 0 Å². The Hall–Kier alpha value is -1.23. The quantitative estimate of drug-likeness (QED) is 0.807. The number of thiocarbonyl (C=S) groups is 1. The van der Waals surface area contributed by atoms with Crippen molar-refractivity contribution in [1.29, 1.82) is 0 Å². The van der Waals surface area contributed by atoms with Crippen LogP contribution in [0.5, 0.6) is 0 Å². The van der Waals surface area contributed by atoms with E-state index in [1.165, 1.54) is 0 Å². The van der Waals surface area contributed by atoms with Crippen LogP contribution >= 0.6 is 12.2 Å². The van der Waals surface area contributed by atoms with E-state index < -0.39 is 0 Å². The number of rotatable bonds is 4. The van der Waals surface area contributed by atoms with Crippen molar-refractivity contribution in [2.24, 2.45) is 11.7 Å². The molecule has 0 fully saturated rings. The number of hydrogen-bond donors (Lipinski definition) is 1. The van der Waals surface area contributed by atoms with Gasteiger partial charge in [0.05, 0.1) is 0 Å². The van der Waals surface area contributed by atoms with Gasteiger partial charge in [-0.3, -0.25) is 0 Å². The van der Waals surface area contributed by atoms with Crippen molar-refractivity contribution in [3.05, 3.63) is 18.1 Å². The monoisotopic (exact) mass is 238 g/mol. The molecule has 1 rings (SSSR count). The Morgan fingerprint density at radius 3 is 2.38 bits per heavy atom. The van der Waals surface area contributed by atoms with Crippen molar-refractivity contribution >= 4 is 23.0 Å². The molecule has 88 valence electrons. The Bertz CT molecular complexity index is 378.